The van der Waals surface area contributed by atoms with Crippen LogP contribution in [0, 0.1) is 0 Å². The first-order valence-corrected chi connectivity index (χ1v) is 10.2. The molecule has 1 aromatic rings. The average Bonchev–Trinajstić information content (AvgIpc) is 2.80. The zero-order valence-electron chi connectivity index (χ0n) is 17.7. The number of rotatable bonds is 20. The number of carbonyl (C=O) groups excluding carboxylic acids is 2. The first kappa shape index (κ1) is 26.9. The summed E-state index contributed by atoms with van der Waals surface area (Å²) in [5.74, 6) is -0.460. The maximum Gasteiger partial charge on any atom is 0.330 e. The normalized spacial score (nSPS) is 11.1. The smallest absolute Gasteiger partial charge is 0.330 e. The van der Waals surface area contributed by atoms with Gasteiger partial charge in [-0.25, -0.2) is 4.79 Å². The molecular weight excluding hydrogens is 408 g/mol. The Balaban J connectivity index is 1.84. The Morgan fingerprint density at radius 3 is 1.55 bits per heavy atom. The molecule has 0 amide bonds. The van der Waals surface area contributed by atoms with E-state index in [0.29, 0.717) is 65.0 Å². The molecule has 1 rings (SSSR count). The summed E-state index contributed by atoms with van der Waals surface area (Å²) in [5.41, 5.74) is 1.38. The highest BCUT2D eigenvalue weighted by Gasteiger charge is 1.98. The fourth-order valence-electron chi connectivity index (χ4n) is 2.15. The quantitative estimate of drug-likeness (QED) is 0.138. The van der Waals surface area contributed by atoms with Crippen molar-refractivity contribution in [3.05, 3.63) is 41.5 Å². The van der Waals surface area contributed by atoms with E-state index >= 15 is 0 Å². The molecule has 1 N–H and O–H groups in total. The first-order valence-electron chi connectivity index (χ1n) is 10.2. The molecule has 0 aliphatic rings. The van der Waals surface area contributed by atoms with Crippen molar-refractivity contribution in [2.45, 2.75) is 0 Å². The van der Waals surface area contributed by atoms with Gasteiger partial charge in [-0.05, 0) is 11.6 Å². The van der Waals surface area contributed by atoms with Crippen molar-refractivity contribution in [3.8, 4) is 0 Å². The van der Waals surface area contributed by atoms with Crippen molar-refractivity contribution < 1.29 is 43.1 Å². The molecular formula is C22H32O9. The third-order valence-electron chi connectivity index (χ3n) is 3.68. The Morgan fingerprint density at radius 1 is 0.677 bits per heavy atom. The highest BCUT2D eigenvalue weighted by molar-refractivity contribution is 5.87. The predicted molar refractivity (Wildman–Crippen MR) is 113 cm³/mol. The van der Waals surface area contributed by atoms with Crippen molar-refractivity contribution >= 4 is 18.3 Å². The van der Waals surface area contributed by atoms with Crippen molar-refractivity contribution in [1.29, 1.82) is 0 Å². The van der Waals surface area contributed by atoms with Crippen LogP contribution in [0.15, 0.2) is 30.3 Å². The van der Waals surface area contributed by atoms with Crippen LogP contribution < -0.4 is 0 Å². The second-order valence-electron chi connectivity index (χ2n) is 6.07. The molecule has 0 atom stereocenters. The van der Waals surface area contributed by atoms with E-state index in [0.717, 1.165) is 11.8 Å². The lowest BCUT2D eigenvalue weighted by atomic mass is 10.1. The van der Waals surface area contributed by atoms with Gasteiger partial charge in [0, 0.05) is 11.6 Å². The number of carbonyl (C=O) groups is 2. The number of aldehydes is 1. The van der Waals surface area contributed by atoms with Crippen molar-refractivity contribution in [1.82, 2.24) is 0 Å². The Morgan fingerprint density at radius 2 is 1.10 bits per heavy atom. The van der Waals surface area contributed by atoms with Gasteiger partial charge in [0.25, 0.3) is 0 Å². The van der Waals surface area contributed by atoms with E-state index in [1.807, 2.05) is 0 Å². The van der Waals surface area contributed by atoms with Crippen LogP contribution in [0.25, 0.3) is 6.08 Å². The van der Waals surface area contributed by atoms with Gasteiger partial charge < -0.3 is 33.5 Å². The topological polar surface area (TPSA) is 110 Å². The molecule has 0 radical (unpaired) electrons. The van der Waals surface area contributed by atoms with Gasteiger partial charge in [0.05, 0.1) is 72.7 Å². The van der Waals surface area contributed by atoms with Gasteiger partial charge in [-0.1, -0.05) is 24.3 Å². The lowest BCUT2D eigenvalue weighted by molar-refractivity contribution is -0.139. The molecule has 9 nitrogen and oxygen atoms in total. The van der Waals surface area contributed by atoms with E-state index in [4.69, 9.17) is 33.5 Å². The van der Waals surface area contributed by atoms with Gasteiger partial charge in [0.1, 0.15) is 12.9 Å². The highest BCUT2D eigenvalue weighted by Crippen LogP contribution is 2.04. The maximum atomic E-state index is 11.6. The second kappa shape index (κ2) is 19.8. The van der Waals surface area contributed by atoms with E-state index in [-0.39, 0.29) is 19.8 Å². The minimum atomic E-state index is -0.460. The molecule has 0 unspecified atom stereocenters. The van der Waals surface area contributed by atoms with E-state index in [1.54, 1.807) is 30.3 Å². The lowest BCUT2D eigenvalue weighted by Gasteiger charge is -2.08. The molecule has 0 spiro atoms. The number of aliphatic hydroxyl groups excluding tert-OH is 1. The van der Waals surface area contributed by atoms with Crippen molar-refractivity contribution in [2.75, 3.05) is 79.3 Å². The standard InChI is InChI=1S/C22H32O9/c23-7-8-26-9-10-27-11-12-28-13-14-29-15-16-30-17-18-31-22(25)6-5-20-1-3-21(19-24)4-2-20/h1-6,19,23H,7-18H2. The molecule has 0 bridgehead atoms. The fourth-order valence-corrected chi connectivity index (χ4v) is 2.15. The summed E-state index contributed by atoms with van der Waals surface area (Å²) in [4.78, 5) is 22.2. The summed E-state index contributed by atoms with van der Waals surface area (Å²) < 4.78 is 31.4. The van der Waals surface area contributed by atoms with Crippen LogP contribution >= 0.6 is 0 Å². The van der Waals surface area contributed by atoms with E-state index in [9.17, 15) is 9.59 Å². The average molecular weight is 440 g/mol. The molecule has 0 saturated heterocycles. The zero-order valence-corrected chi connectivity index (χ0v) is 17.7. The largest absolute Gasteiger partial charge is 0.460 e. The molecule has 0 aliphatic heterocycles. The molecule has 174 valence electrons. The van der Waals surface area contributed by atoms with Gasteiger partial charge in [-0.3, -0.25) is 4.79 Å². The first-order chi connectivity index (χ1) is 15.3. The molecule has 31 heavy (non-hydrogen) atoms. The van der Waals surface area contributed by atoms with Crippen LogP contribution in [0.1, 0.15) is 15.9 Å². The Labute approximate surface area is 182 Å². The summed E-state index contributed by atoms with van der Waals surface area (Å²) in [6, 6.07) is 6.84. The Bertz CT molecular complexity index is 602. The predicted octanol–water partition coefficient (Wildman–Crippen LogP) is 1.13. The van der Waals surface area contributed by atoms with Crippen LogP contribution in [0.2, 0.25) is 0 Å². The van der Waals surface area contributed by atoms with Crippen molar-refractivity contribution in [2.24, 2.45) is 0 Å². The SMILES string of the molecule is O=Cc1ccc(C=CC(=O)OCCOCCOCCOCCOCCOCCO)cc1. The second-order valence-corrected chi connectivity index (χ2v) is 6.07. The number of ether oxygens (including phenoxy) is 6. The van der Waals surface area contributed by atoms with Crippen molar-refractivity contribution in [3.63, 3.8) is 0 Å². The van der Waals surface area contributed by atoms with Gasteiger partial charge in [-0.2, -0.15) is 0 Å². The number of esters is 1. The fraction of sp³-hybridized carbons (Fsp3) is 0.545. The minimum absolute atomic E-state index is 0.0145. The zero-order chi connectivity index (χ0) is 22.4. The molecule has 0 aliphatic carbocycles. The van der Waals surface area contributed by atoms with Gasteiger partial charge in [-0.15, -0.1) is 0 Å². The summed E-state index contributed by atoms with van der Waals surface area (Å²) in [6.45, 7) is 4.40. The highest BCUT2D eigenvalue weighted by atomic mass is 16.6. The molecule has 0 saturated carbocycles. The van der Waals surface area contributed by atoms with E-state index < -0.39 is 5.97 Å². The lowest BCUT2D eigenvalue weighted by Crippen LogP contribution is -2.14. The molecule has 0 aromatic heterocycles. The van der Waals surface area contributed by atoms with E-state index in [1.165, 1.54) is 6.08 Å². The summed E-state index contributed by atoms with van der Waals surface area (Å²) >= 11 is 0. The maximum absolute atomic E-state index is 11.6. The van der Waals surface area contributed by atoms with Gasteiger partial charge >= 0.3 is 5.97 Å². The molecule has 9 heteroatoms. The van der Waals surface area contributed by atoms with Crippen LogP contribution in [-0.2, 0) is 33.2 Å². The Hall–Kier alpha value is -2.14. The third kappa shape index (κ3) is 16.3. The number of hydrogen-bond donors (Lipinski definition) is 1. The number of benzene rings is 1. The minimum Gasteiger partial charge on any atom is -0.460 e. The number of hydrogen-bond acceptors (Lipinski definition) is 9. The molecule has 0 fully saturated rings. The van der Waals surface area contributed by atoms with Gasteiger partial charge in [0.15, 0.2) is 0 Å². The van der Waals surface area contributed by atoms with Crippen LogP contribution in [0.4, 0.5) is 0 Å². The van der Waals surface area contributed by atoms with Crippen LogP contribution in [0.5, 0.6) is 0 Å². The summed E-state index contributed by atoms with van der Waals surface area (Å²) in [5, 5.41) is 8.53. The Kier molecular flexibility index (Phi) is 17.2. The number of aliphatic hydroxyl groups is 1. The third-order valence-corrected chi connectivity index (χ3v) is 3.68. The van der Waals surface area contributed by atoms with Crippen LogP contribution in [-0.4, -0.2) is 96.6 Å². The molecule has 1 aromatic carbocycles. The summed E-state index contributed by atoms with van der Waals surface area (Å²) in [6.07, 6.45) is 3.71. The molecule has 0 heterocycles. The monoisotopic (exact) mass is 440 g/mol. The van der Waals surface area contributed by atoms with Crippen LogP contribution in [0.3, 0.4) is 0 Å². The summed E-state index contributed by atoms with van der Waals surface area (Å²) in [7, 11) is 0. The van der Waals surface area contributed by atoms with Gasteiger partial charge in [0.2, 0.25) is 0 Å². The van der Waals surface area contributed by atoms with E-state index in [2.05, 4.69) is 0 Å².